The van der Waals surface area contributed by atoms with Gasteiger partial charge in [0.05, 0.1) is 0 Å². The van der Waals surface area contributed by atoms with Gasteiger partial charge < -0.3 is 10.2 Å². The van der Waals surface area contributed by atoms with Gasteiger partial charge in [0, 0.05) is 32.6 Å². The number of likely N-dealkylation sites (tertiary alicyclic amines) is 1. The molecule has 0 amide bonds. The van der Waals surface area contributed by atoms with Gasteiger partial charge in [-0.2, -0.15) is 0 Å². The van der Waals surface area contributed by atoms with Gasteiger partial charge in [0.25, 0.3) is 0 Å². The molecule has 1 N–H and O–H groups in total. The summed E-state index contributed by atoms with van der Waals surface area (Å²) in [6.07, 6.45) is 3.84. The summed E-state index contributed by atoms with van der Waals surface area (Å²) in [5.74, 6) is 2.53. The third-order valence-electron chi connectivity index (χ3n) is 4.64. The van der Waals surface area contributed by atoms with E-state index in [0.717, 1.165) is 31.5 Å². The van der Waals surface area contributed by atoms with Gasteiger partial charge in [0.1, 0.15) is 0 Å². The van der Waals surface area contributed by atoms with E-state index in [0.29, 0.717) is 5.92 Å². The maximum absolute atomic E-state index is 4.46. The van der Waals surface area contributed by atoms with Crippen molar-refractivity contribution in [2.45, 2.75) is 32.1 Å². The number of piperidine rings is 1. The summed E-state index contributed by atoms with van der Waals surface area (Å²) >= 11 is 0. The van der Waals surface area contributed by atoms with Crippen molar-refractivity contribution in [2.75, 3.05) is 26.7 Å². The Kier molecular flexibility index (Phi) is 3.95. The van der Waals surface area contributed by atoms with Crippen LogP contribution in [0.2, 0.25) is 0 Å². The summed E-state index contributed by atoms with van der Waals surface area (Å²) in [6, 6.07) is 8.78. The fourth-order valence-corrected chi connectivity index (χ4v) is 3.47. The number of guanidine groups is 1. The number of rotatable bonds is 2. The summed E-state index contributed by atoms with van der Waals surface area (Å²) in [4.78, 5) is 6.88. The quantitative estimate of drug-likeness (QED) is 0.661. The van der Waals surface area contributed by atoms with Crippen molar-refractivity contribution in [3.8, 4) is 0 Å². The molecule has 0 bridgehead atoms. The highest BCUT2D eigenvalue weighted by Crippen LogP contribution is 2.34. The second-order valence-electron chi connectivity index (χ2n) is 6.22. The van der Waals surface area contributed by atoms with Gasteiger partial charge in [-0.15, -0.1) is 0 Å². The highest BCUT2D eigenvalue weighted by atomic mass is 15.3. The minimum absolute atomic E-state index is 0.658. The minimum Gasteiger partial charge on any atom is -0.356 e. The Morgan fingerprint density at radius 1 is 1.40 bits per heavy atom. The number of aliphatic imine (C=N–C) groups is 1. The largest absolute Gasteiger partial charge is 0.356 e. The second kappa shape index (κ2) is 5.86. The lowest BCUT2D eigenvalue weighted by molar-refractivity contribution is 0.265. The van der Waals surface area contributed by atoms with Gasteiger partial charge in [-0.25, -0.2) is 0 Å². The zero-order valence-corrected chi connectivity index (χ0v) is 12.6. The fourth-order valence-electron chi connectivity index (χ4n) is 3.47. The van der Waals surface area contributed by atoms with E-state index in [1.807, 2.05) is 7.05 Å². The van der Waals surface area contributed by atoms with Gasteiger partial charge in [-0.3, -0.25) is 4.99 Å². The van der Waals surface area contributed by atoms with Crippen LogP contribution in [0, 0.1) is 5.92 Å². The summed E-state index contributed by atoms with van der Waals surface area (Å²) in [7, 11) is 1.90. The predicted molar refractivity (Wildman–Crippen MR) is 84.2 cm³/mol. The van der Waals surface area contributed by atoms with Gasteiger partial charge >= 0.3 is 0 Å². The van der Waals surface area contributed by atoms with Crippen LogP contribution in [0.4, 0.5) is 0 Å². The van der Waals surface area contributed by atoms with Crippen molar-refractivity contribution >= 4 is 5.96 Å². The van der Waals surface area contributed by atoms with E-state index in [9.17, 15) is 0 Å². The molecule has 3 heteroatoms. The van der Waals surface area contributed by atoms with E-state index in [1.165, 1.54) is 30.4 Å². The Hall–Kier alpha value is -1.51. The number of hydrogen-bond acceptors (Lipinski definition) is 1. The normalized spacial score (nSPS) is 25.9. The zero-order valence-electron chi connectivity index (χ0n) is 12.6. The first-order chi connectivity index (χ1) is 9.78. The first-order valence-corrected chi connectivity index (χ1v) is 7.81. The molecule has 0 radical (unpaired) electrons. The average molecular weight is 271 g/mol. The van der Waals surface area contributed by atoms with Crippen LogP contribution < -0.4 is 5.32 Å². The molecular weight excluding hydrogens is 246 g/mol. The molecule has 3 rings (SSSR count). The van der Waals surface area contributed by atoms with Crippen molar-refractivity contribution in [3.05, 3.63) is 35.4 Å². The third kappa shape index (κ3) is 2.67. The summed E-state index contributed by atoms with van der Waals surface area (Å²) < 4.78 is 0. The summed E-state index contributed by atoms with van der Waals surface area (Å²) in [5, 5.41) is 3.58. The van der Waals surface area contributed by atoms with Crippen LogP contribution in [0.25, 0.3) is 0 Å². The molecule has 2 atom stereocenters. The summed E-state index contributed by atoms with van der Waals surface area (Å²) in [5.41, 5.74) is 3.03. The maximum Gasteiger partial charge on any atom is 0.193 e. The van der Waals surface area contributed by atoms with Crippen molar-refractivity contribution in [3.63, 3.8) is 0 Å². The van der Waals surface area contributed by atoms with E-state index in [1.54, 1.807) is 0 Å². The molecule has 20 heavy (non-hydrogen) atoms. The number of benzene rings is 1. The second-order valence-corrected chi connectivity index (χ2v) is 6.22. The van der Waals surface area contributed by atoms with E-state index in [2.05, 4.69) is 46.4 Å². The Labute approximate surface area is 122 Å². The lowest BCUT2D eigenvalue weighted by atomic mass is 9.78. The smallest absolute Gasteiger partial charge is 0.193 e. The molecule has 1 aliphatic heterocycles. The van der Waals surface area contributed by atoms with Crippen molar-refractivity contribution in [1.29, 1.82) is 0 Å². The van der Waals surface area contributed by atoms with Crippen LogP contribution in [0.1, 0.15) is 36.8 Å². The molecular formula is C17H25N3. The molecule has 1 heterocycles. The number of nitrogens with one attached hydrogen (secondary N) is 1. The number of fused-ring (bicyclic) bond motifs is 1. The van der Waals surface area contributed by atoms with E-state index >= 15 is 0 Å². The van der Waals surface area contributed by atoms with Gasteiger partial charge in [0.15, 0.2) is 5.96 Å². The average Bonchev–Trinajstić information content (AvgIpc) is 2.44. The molecule has 1 saturated heterocycles. The van der Waals surface area contributed by atoms with Crippen LogP contribution in [0.3, 0.4) is 0 Å². The first kappa shape index (κ1) is 13.5. The predicted octanol–water partition coefficient (Wildman–Crippen LogP) is 2.63. The van der Waals surface area contributed by atoms with E-state index in [4.69, 9.17) is 0 Å². The number of hydrogen-bond donors (Lipinski definition) is 1. The van der Waals surface area contributed by atoms with Crippen LogP contribution in [-0.4, -0.2) is 37.5 Å². The van der Waals surface area contributed by atoms with Crippen LogP contribution in [0.5, 0.6) is 0 Å². The van der Waals surface area contributed by atoms with Crippen molar-refractivity contribution in [2.24, 2.45) is 10.9 Å². The Bertz CT molecular complexity index is 495. The van der Waals surface area contributed by atoms with Gasteiger partial charge in [-0.1, -0.05) is 31.2 Å². The summed E-state index contributed by atoms with van der Waals surface area (Å²) in [6.45, 7) is 5.63. The van der Waals surface area contributed by atoms with Crippen molar-refractivity contribution < 1.29 is 0 Å². The molecule has 3 nitrogen and oxygen atoms in total. The Morgan fingerprint density at radius 3 is 3.00 bits per heavy atom. The molecule has 2 aliphatic rings. The maximum atomic E-state index is 4.46. The molecule has 0 saturated carbocycles. The van der Waals surface area contributed by atoms with Crippen LogP contribution in [-0.2, 0) is 6.42 Å². The Morgan fingerprint density at radius 2 is 2.25 bits per heavy atom. The monoisotopic (exact) mass is 271 g/mol. The molecule has 0 aromatic heterocycles. The number of nitrogens with zero attached hydrogens (tertiary/aromatic N) is 2. The highest BCUT2D eigenvalue weighted by Gasteiger charge is 2.26. The van der Waals surface area contributed by atoms with Crippen LogP contribution >= 0.6 is 0 Å². The molecule has 2 unspecified atom stereocenters. The first-order valence-electron chi connectivity index (χ1n) is 7.81. The fraction of sp³-hybridized carbons (Fsp3) is 0.588. The van der Waals surface area contributed by atoms with Gasteiger partial charge in [0.2, 0.25) is 0 Å². The lowest BCUT2D eigenvalue weighted by Crippen LogP contribution is -2.47. The van der Waals surface area contributed by atoms with Crippen LogP contribution in [0.15, 0.2) is 29.3 Å². The van der Waals surface area contributed by atoms with Gasteiger partial charge in [-0.05, 0) is 36.3 Å². The molecule has 0 spiro atoms. The molecule has 1 aromatic rings. The molecule has 1 aromatic carbocycles. The Balaban J connectivity index is 1.55. The standard InChI is InChI=1S/C17H25N3/c1-13-6-5-9-20(12-13)17(18-2)19-11-15-10-14-7-3-4-8-16(14)15/h3-4,7-8,13,15H,5-6,9-12H2,1-2H3,(H,18,19). The van der Waals surface area contributed by atoms with Crippen molar-refractivity contribution in [1.82, 2.24) is 10.2 Å². The topological polar surface area (TPSA) is 27.6 Å². The highest BCUT2D eigenvalue weighted by molar-refractivity contribution is 5.80. The van der Waals surface area contributed by atoms with E-state index < -0.39 is 0 Å². The SMILES string of the molecule is CN=C(NCC1Cc2ccccc21)N1CCCC(C)C1. The molecule has 1 aliphatic carbocycles. The third-order valence-corrected chi connectivity index (χ3v) is 4.64. The lowest BCUT2D eigenvalue weighted by Gasteiger charge is -2.36. The molecule has 108 valence electrons. The minimum atomic E-state index is 0.658. The zero-order chi connectivity index (χ0) is 13.9. The molecule has 1 fully saturated rings. The van der Waals surface area contributed by atoms with E-state index in [-0.39, 0.29) is 0 Å².